The Kier molecular flexibility index (Phi) is 6.02. The molecule has 12 heteroatoms. The number of nitrogens with zero attached hydrogens (tertiary/aromatic N) is 3. The zero-order chi connectivity index (χ0) is 24.4. The van der Waals surface area contributed by atoms with Crippen molar-refractivity contribution in [2.75, 3.05) is 13.3 Å². The molecule has 0 aliphatic carbocycles. The summed E-state index contributed by atoms with van der Waals surface area (Å²) in [6, 6.07) is 11.9. The first-order valence-corrected chi connectivity index (χ1v) is 11.5. The normalized spacial score (nSPS) is 12.0. The van der Waals surface area contributed by atoms with Gasteiger partial charge in [-0.25, -0.2) is 9.48 Å². The molecule has 178 valence electrons. The number of H-pyrrole nitrogens is 1. The molecule has 1 aromatic carbocycles. The average molecular weight is 494 g/mol. The van der Waals surface area contributed by atoms with Gasteiger partial charge in [-0.05, 0) is 35.2 Å². The molecule has 0 spiro atoms. The van der Waals surface area contributed by atoms with Crippen LogP contribution in [0.2, 0.25) is 0 Å². The molecule has 11 nitrogen and oxygen atoms in total. The van der Waals surface area contributed by atoms with Crippen molar-refractivity contribution in [3.05, 3.63) is 96.4 Å². The quantitative estimate of drug-likeness (QED) is 0.392. The number of benzene rings is 1. The second kappa shape index (κ2) is 9.43. The number of hydrogen-bond acceptors (Lipinski definition) is 8. The highest BCUT2D eigenvalue weighted by Crippen LogP contribution is 2.32. The number of thiophene rings is 1. The predicted octanol–water partition coefficient (Wildman–Crippen LogP) is 1.03. The Hall–Kier alpha value is -4.45. The van der Waals surface area contributed by atoms with Crippen LogP contribution in [0.1, 0.15) is 15.9 Å². The van der Waals surface area contributed by atoms with Gasteiger partial charge in [0, 0.05) is 18.8 Å². The molecule has 0 atom stereocenters. The van der Waals surface area contributed by atoms with E-state index in [-0.39, 0.29) is 37.5 Å². The summed E-state index contributed by atoms with van der Waals surface area (Å²) in [6.45, 7) is 0.217. The molecule has 4 aromatic rings. The minimum Gasteiger partial charge on any atom is -0.454 e. The van der Waals surface area contributed by atoms with Crippen LogP contribution in [0, 0.1) is 0 Å². The summed E-state index contributed by atoms with van der Waals surface area (Å²) in [5.41, 5.74) is -0.634. The highest BCUT2D eigenvalue weighted by Gasteiger charge is 2.17. The van der Waals surface area contributed by atoms with E-state index in [0.717, 1.165) is 15.6 Å². The van der Waals surface area contributed by atoms with E-state index in [1.54, 1.807) is 24.3 Å². The first-order chi connectivity index (χ1) is 17.0. The predicted molar refractivity (Wildman–Crippen MR) is 127 cm³/mol. The summed E-state index contributed by atoms with van der Waals surface area (Å²) in [5.74, 6) is 0.429. The van der Waals surface area contributed by atoms with Gasteiger partial charge in [-0.2, -0.15) is 5.10 Å². The molecule has 3 aromatic heterocycles. The lowest BCUT2D eigenvalue weighted by molar-refractivity contribution is 0.0949. The van der Waals surface area contributed by atoms with Crippen LogP contribution in [0.3, 0.4) is 0 Å². The van der Waals surface area contributed by atoms with Gasteiger partial charge in [-0.1, -0.05) is 12.1 Å². The highest BCUT2D eigenvalue weighted by atomic mass is 32.1. The van der Waals surface area contributed by atoms with Crippen molar-refractivity contribution in [3.8, 4) is 22.1 Å². The van der Waals surface area contributed by atoms with Crippen LogP contribution in [-0.2, 0) is 13.1 Å². The Morgan fingerprint density at radius 2 is 1.97 bits per heavy atom. The van der Waals surface area contributed by atoms with Crippen LogP contribution in [0.25, 0.3) is 10.6 Å². The van der Waals surface area contributed by atoms with E-state index in [1.807, 2.05) is 17.5 Å². The summed E-state index contributed by atoms with van der Waals surface area (Å²) >= 11 is 1.50. The highest BCUT2D eigenvalue weighted by molar-refractivity contribution is 7.13. The topological polar surface area (TPSA) is 137 Å². The number of ether oxygens (including phenoxy) is 2. The largest absolute Gasteiger partial charge is 0.454 e. The Bertz CT molecular complexity index is 1570. The Labute approximate surface area is 201 Å². The summed E-state index contributed by atoms with van der Waals surface area (Å²) in [5, 5.41) is 8.85. The maximum Gasteiger partial charge on any atom is 0.328 e. The number of amides is 1. The van der Waals surface area contributed by atoms with Crippen molar-refractivity contribution in [3.63, 3.8) is 0 Å². The van der Waals surface area contributed by atoms with Crippen LogP contribution in [0.4, 0.5) is 0 Å². The van der Waals surface area contributed by atoms with E-state index in [0.29, 0.717) is 22.8 Å². The molecule has 1 amide bonds. The SMILES string of the molecule is O=C(NCCn1nc(-c2cccs2)ccc1=O)c1c[nH]c(=O)n(Cc2ccc3c(c2)OCO3)c1=O. The summed E-state index contributed by atoms with van der Waals surface area (Å²) in [4.78, 5) is 53.4. The summed E-state index contributed by atoms with van der Waals surface area (Å²) in [7, 11) is 0. The second-order valence-electron chi connectivity index (χ2n) is 7.60. The van der Waals surface area contributed by atoms with Crippen molar-refractivity contribution in [1.82, 2.24) is 24.6 Å². The first-order valence-electron chi connectivity index (χ1n) is 10.6. The summed E-state index contributed by atoms with van der Waals surface area (Å²) < 4.78 is 12.8. The van der Waals surface area contributed by atoms with Gasteiger partial charge in [0.05, 0.1) is 18.0 Å². The molecule has 1 aliphatic heterocycles. The van der Waals surface area contributed by atoms with Crippen molar-refractivity contribution in [2.45, 2.75) is 13.1 Å². The van der Waals surface area contributed by atoms with Crippen LogP contribution < -0.4 is 31.6 Å². The van der Waals surface area contributed by atoms with E-state index < -0.39 is 17.2 Å². The number of carbonyl (C=O) groups is 1. The summed E-state index contributed by atoms with van der Waals surface area (Å²) in [6.07, 6.45) is 1.08. The lowest BCUT2D eigenvalue weighted by Gasteiger charge is -2.10. The third-order valence-electron chi connectivity index (χ3n) is 5.33. The zero-order valence-corrected chi connectivity index (χ0v) is 19.0. The smallest absolute Gasteiger partial charge is 0.328 e. The fraction of sp³-hybridized carbons (Fsp3) is 0.174. The average Bonchev–Trinajstić information content (AvgIpc) is 3.55. The molecule has 0 unspecified atom stereocenters. The molecule has 1 aliphatic rings. The van der Waals surface area contributed by atoms with E-state index in [9.17, 15) is 19.2 Å². The minimum absolute atomic E-state index is 0.0548. The van der Waals surface area contributed by atoms with Gasteiger partial charge in [-0.3, -0.25) is 19.0 Å². The van der Waals surface area contributed by atoms with Gasteiger partial charge in [0.15, 0.2) is 11.5 Å². The third kappa shape index (κ3) is 4.64. The number of hydrogen-bond donors (Lipinski definition) is 2. The van der Waals surface area contributed by atoms with Crippen LogP contribution >= 0.6 is 11.3 Å². The van der Waals surface area contributed by atoms with Gasteiger partial charge >= 0.3 is 5.69 Å². The first kappa shape index (κ1) is 22.3. The van der Waals surface area contributed by atoms with Gasteiger partial charge in [0.2, 0.25) is 6.79 Å². The second-order valence-corrected chi connectivity index (χ2v) is 8.55. The Morgan fingerprint density at radius 3 is 2.80 bits per heavy atom. The third-order valence-corrected chi connectivity index (χ3v) is 6.22. The monoisotopic (exact) mass is 493 g/mol. The molecule has 4 heterocycles. The van der Waals surface area contributed by atoms with Gasteiger partial charge in [0.25, 0.3) is 17.0 Å². The molecule has 0 fully saturated rings. The van der Waals surface area contributed by atoms with Crippen LogP contribution in [-0.4, -0.2) is 38.6 Å². The maximum atomic E-state index is 12.9. The van der Waals surface area contributed by atoms with E-state index in [2.05, 4.69) is 15.4 Å². The standard InChI is InChI=1S/C23H19N5O6S/c29-20-6-4-16(19-2-1-9-35-19)26-28(20)8-7-24-21(30)15-11-25-23(32)27(22(15)31)12-14-3-5-17-18(10-14)34-13-33-17/h1-6,9-11H,7-8,12-13H2,(H,24,30)(H,25,32). The lowest BCUT2D eigenvalue weighted by Crippen LogP contribution is -2.41. The molecule has 0 saturated carbocycles. The molecular formula is C23H19N5O6S. The molecule has 0 radical (unpaired) electrons. The van der Waals surface area contributed by atoms with Crippen molar-refractivity contribution < 1.29 is 14.3 Å². The number of rotatable bonds is 7. The van der Waals surface area contributed by atoms with Crippen LogP contribution in [0.15, 0.2) is 68.4 Å². The van der Waals surface area contributed by atoms with Gasteiger partial charge < -0.3 is 19.8 Å². The molecular weight excluding hydrogens is 474 g/mol. The number of aromatic nitrogens is 4. The Balaban J connectivity index is 1.29. The van der Waals surface area contributed by atoms with Gasteiger partial charge in [-0.15, -0.1) is 11.3 Å². The minimum atomic E-state index is -0.737. The number of fused-ring (bicyclic) bond motifs is 1. The van der Waals surface area contributed by atoms with E-state index >= 15 is 0 Å². The molecule has 2 N–H and O–H groups in total. The maximum absolute atomic E-state index is 12.9. The van der Waals surface area contributed by atoms with Crippen molar-refractivity contribution in [1.29, 1.82) is 0 Å². The number of nitrogens with one attached hydrogen (secondary N) is 2. The zero-order valence-electron chi connectivity index (χ0n) is 18.2. The fourth-order valence-electron chi connectivity index (χ4n) is 3.57. The van der Waals surface area contributed by atoms with Crippen molar-refractivity contribution in [2.24, 2.45) is 0 Å². The number of carbonyl (C=O) groups excluding carboxylic acids is 1. The molecule has 0 saturated heterocycles. The lowest BCUT2D eigenvalue weighted by atomic mass is 10.2. The number of aromatic amines is 1. The van der Waals surface area contributed by atoms with Crippen molar-refractivity contribution >= 4 is 17.2 Å². The van der Waals surface area contributed by atoms with E-state index in [4.69, 9.17) is 9.47 Å². The Morgan fingerprint density at radius 1 is 1.11 bits per heavy atom. The molecule has 35 heavy (non-hydrogen) atoms. The fourth-order valence-corrected chi connectivity index (χ4v) is 4.27. The van der Waals surface area contributed by atoms with Crippen LogP contribution in [0.5, 0.6) is 11.5 Å². The van der Waals surface area contributed by atoms with E-state index in [1.165, 1.54) is 22.1 Å². The van der Waals surface area contributed by atoms with Gasteiger partial charge in [0.1, 0.15) is 11.3 Å². The molecule has 5 rings (SSSR count). The molecule has 0 bridgehead atoms.